The highest BCUT2D eigenvalue weighted by atomic mass is 32.2. The molecule has 0 bridgehead atoms. The van der Waals surface area contributed by atoms with Crippen LogP contribution in [0.3, 0.4) is 0 Å². The van der Waals surface area contributed by atoms with E-state index in [9.17, 15) is 13.2 Å². The van der Waals surface area contributed by atoms with Crippen molar-refractivity contribution in [2.45, 2.75) is 31.7 Å². The number of sulfone groups is 1. The van der Waals surface area contributed by atoms with Crippen molar-refractivity contribution in [3.63, 3.8) is 0 Å². The molecule has 1 N–H and O–H groups in total. The van der Waals surface area contributed by atoms with Gasteiger partial charge in [-0.1, -0.05) is 29.4 Å². The van der Waals surface area contributed by atoms with Gasteiger partial charge in [0.15, 0.2) is 15.6 Å². The molecule has 0 aliphatic heterocycles. The Kier molecular flexibility index (Phi) is 6.56. The second-order valence-electron chi connectivity index (χ2n) is 6.97. The number of aromatic nitrogens is 1. The third-order valence-corrected chi connectivity index (χ3v) is 6.48. The highest BCUT2D eigenvalue weighted by Crippen LogP contribution is 2.31. The zero-order valence-corrected chi connectivity index (χ0v) is 18.0. The van der Waals surface area contributed by atoms with Gasteiger partial charge in [-0.05, 0) is 43.2 Å². The van der Waals surface area contributed by atoms with E-state index in [0.717, 1.165) is 11.1 Å². The normalized spacial score (nSPS) is 11.3. The van der Waals surface area contributed by atoms with E-state index in [1.807, 2.05) is 31.2 Å². The van der Waals surface area contributed by atoms with Gasteiger partial charge in [0.05, 0.1) is 18.6 Å². The van der Waals surface area contributed by atoms with E-state index in [1.54, 1.807) is 25.1 Å². The van der Waals surface area contributed by atoms with E-state index in [1.165, 1.54) is 13.2 Å². The molecule has 1 heterocycles. The van der Waals surface area contributed by atoms with E-state index in [4.69, 9.17) is 9.26 Å². The summed E-state index contributed by atoms with van der Waals surface area (Å²) in [4.78, 5) is 12.2. The monoisotopic (exact) mass is 428 g/mol. The number of benzene rings is 2. The molecule has 2 aromatic carbocycles. The van der Waals surface area contributed by atoms with Crippen molar-refractivity contribution in [3.8, 4) is 17.1 Å². The molecule has 0 aliphatic rings. The first-order valence-electron chi connectivity index (χ1n) is 9.46. The van der Waals surface area contributed by atoms with Crippen LogP contribution in [0.15, 0.2) is 57.9 Å². The molecule has 1 amide bonds. The molecule has 0 radical (unpaired) electrons. The van der Waals surface area contributed by atoms with Crippen LogP contribution in [0.4, 0.5) is 0 Å². The molecule has 3 aromatic rings. The van der Waals surface area contributed by atoms with E-state index in [0.29, 0.717) is 23.6 Å². The summed E-state index contributed by atoms with van der Waals surface area (Å²) in [6.07, 6.45) is -0.150. The van der Waals surface area contributed by atoms with Gasteiger partial charge >= 0.3 is 0 Å². The Hall–Kier alpha value is -3.13. The molecule has 0 unspecified atom stereocenters. The number of nitrogens with zero attached hydrogens (tertiary/aromatic N) is 1. The number of amides is 1. The molecule has 0 saturated heterocycles. The molecule has 1 aromatic heterocycles. The molecule has 0 saturated carbocycles. The topological polar surface area (TPSA) is 98.5 Å². The third kappa shape index (κ3) is 5.07. The first kappa shape index (κ1) is 21.6. The van der Waals surface area contributed by atoms with Crippen LogP contribution in [0, 0.1) is 13.8 Å². The maximum atomic E-state index is 12.9. The summed E-state index contributed by atoms with van der Waals surface area (Å²) in [7, 11) is -2.36. The van der Waals surface area contributed by atoms with Crippen molar-refractivity contribution in [3.05, 3.63) is 65.4 Å². The van der Waals surface area contributed by atoms with E-state index in [2.05, 4.69) is 10.5 Å². The van der Waals surface area contributed by atoms with Gasteiger partial charge in [-0.25, -0.2) is 8.42 Å². The van der Waals surface area contributed by atoms with Crippen LogP contribution in [0.5, 0.6) is 5.75 Å². The van der Waals surface area contributed by atoms with Crippen molar-refractivity contribution >= 4 is 15.7 Å². The van der Waals surface area contributed by atoms with E-state index >= 15 is 0 Å². The van der Waals surface area contributed by atoms with Crippen LogP contribution in [-0.2, 0) is 21.2 Å². The van der Waals surface area contributed by atoms with Crippen LogP contribution in [0.2, 0.25) is 0 Å². The van der Waals surface area contributed by atoms with Gasteiger partial charge in [-0.3, -0.25) is 4.79 Å². The van der Waals surface area contributed by atoms with Crippen molar-refractivity contribution in [1.29, 1.82) is 0 Å². The highest BCUT2D eigenvalue weighted by molar-refractivity contribution is 7.91. The number of hydrogen-bond donors (Lipinski definition) is 1. The lowest BCUT2D eigenvalue weighted by Gasteiger charge is -2.11. The van der Waals surface area contributed by atoms with Crippen LogP contribution < -0.4 is 10.1 Å². The lowest BCUT2D eigenvalue weighted by molar-refractivity contribution is -0.120. The van der Waals surface area contributed by atoms with Crippen LogP contribution in [-0.4, -0.2) is 32.3 Å². The number of aryl methyl sites for hydroxylation is 2. The number of nitrogens with one attached hydrogen (secondary N) is 1. The summed E-state index contributed by atoms with van der Waals surface area (Å²) in [5.74, 6) is 0.0164. The Bertz CT molecular complexity index is 1150. The quantitative estimate of drug-likeness (QED) is 0.590. The summed E-state index contributed by atoms with van der Waals surface area (Å²) < 4.78 is 36.3. The fraction of sp³-hybridized carbons (Fsp3) is 0.273. The molecule has 3 rings (SSSR count). The fourth-order valence-electron chi connectivity index (χ4n) is 3.00. The van der Waals surface area contributed by atoms with Gasteiger partial charge in [0, 0.05) is 24.6 Å². The molecule has 0 fully saturated rings. The molecule has 8 heteroatoms. The fourth-order valence-corrected chi connectivity index (χ4v) is 4.44. The first-order chi connectivity index (χ1) is 14.3. The predicted octanol–water partition coefficient (Wildman–Crippen LogP) is 3.45. The van der Waals surface area contributed by atoms with Gasteiger partial charge < -0.3 is 14.6 Å². The number of methoxy groups -OCH3 is 1. The molecule has 0 spiro atoms. The minimum absolute atomic E-state index is 0.0169. The summed E-state index contributed by atoms with van der Waals surface area (Å²) in [5.41, 5.74) is 3.31. The highest BCUT2D eigenvalue weighted by Gasteiger charge is 2.22. The summed E-state index contributed by atoms with van der Waals surface area (Å²) in [6.45, 7) is 4.10. The number of rotatable bonds is 8. The lowest BCUT2D eigenvalue weighted by Crippen LogP contribution is -2.25. The van der Waals surface area contributed by atoms with Gasteiger partial charge in [0.25, 0.3) is 0 Å². The van der Waals surface area contributed by atoms with Gasteiger partial charge in [-0.15, -0.1) is 0 Å². The minimum atomic E-state index is -3.76. The molecular formula is C22H24N2O5S. The zero-order chi connectivity index (χ0) is 21.7. The predicted molar refractivity (Wildman–Crippen MR) is 113 cm³/mol. The van der Waals surface area contributed by atoms with E-state index < -0.39 is 9.84 Å². The molecular weight excluding hydrogens is 404 g/mol. The number of hydrogen-bond acceptors (Lipinski definition) is 6. The second-order valence-corrected chi connectivity index (χ2v) is 9.05. The average molecular weight is 429 g/mol. The average Bonchev–Trinajstić information content (AvgIpc) is 3.17. The Morgan fingerprint density at radius 3 is 2.57 bits per heavy atom. The Morgan fingerprint density at radius 2 is 1.90 bits per heavy atom. The number of ether oxygens (including phenoxy) is 1. The Labute approximate surface area is 176 Å². The molecule has 158 valence electrons. The Balaban J connectivity index is 1.71. The SMILES string of the molecule is COc1ccc(-c2cc(C)no2)cc1S(=O)(=O)CCC(=O)NCc1ccccc1C. The molecule has 30 heavy (non-hydrogen) atoms. The second kappa shape index (κ2) is 9.13. The summed E-state index contributed by atoms with van der Waals surface area (Å²) in [5, 5.41) is 6.60. The van der Waals surface area contributed by atoms with Crippen LogP contribution in [0.1, 0.15) is 23.2 Å². The standard InChI is InChI=1S/C22H24N2O5S/c1-15-6-4-5-7-18(15)14-23-22(25)10-11-30(26,27)21-13-17(8-9-19(21)28-3)20-12-16(2)24-29-20/h4-9,12-13H,10-11,14H2,1-3H3,(H,23,25). The largest absolute Gasteiger partial charge is 0.495 e. The maximum absolute atomic E-state index is 12.9. The van der Waals surface area contributed by atoms with Crippen molar-refractivity contribution < 1.29 is 22.5 Å². The number of carbonyl (C=O) groups excluding carboxylic acids is 1. The minimum Gasteiger partial charge on any atom is -0.495 e. The van der Waals surface area contributed by atoms with Gasteiger partial charge in [0.2, 0.25) is 5.91 Å². The first-order valence-corrected chi connectivity index (χ1v) is 11.1. The van der Waals surface area contributed by atoms with Crippen molar-refractivity contribution in [2.75, 3.05) is 12.9 Å². The maximum Gasteiger partial charge on any atom is 0.221 e. The lowest BCUT2D eigenvalue weighted by atomic mass is 10.1. The van der Waals surface area contributed by atoms with Crippen LogP contribution in [0.25, 0.3) is 11.3 Å². The summed E-state index contributed by atoms with van der Waals surface area (Å²) in [6, 6.07) is 14.2. The molecule has 7 nitrogen and oxygen atoms in total. The summed E-state index contributed by atoms with van der Waals surface area (Å²) >= 11 is 0. The smallest absolute Gasteiger partial charge is 0.221 e. The van der Waals surface area contributed by atoms with Gasteiger partial charge in [-0.2, -0.15) is 0 Å². The zero-order valence-electron chi connectivity index (χ0n) is 17.1. The number of carbonyl (C=O) groups is 1. The Morgan fingerprint density at radius 1 is 1.13 bits per heavy atom. The van der Waals surface area contributed by atoms with E-state index in [-0.39, 0.29) is 28.7 Å². The molecule has 0 atom stereocenters. The third-order valence-electron chi connectivity index (χ3n) is 4.75. The van der Waals surface area contributed by atoms with Crippen LogP contribution >= 0.6 is 0 Å². The van der Waals surface area contributed by atoms with Gasteiger partial charge in [0.1, 0.15) is 10.6 Å². The van der Waals surface area contributed by atoms with Crippen molar-refractivity contribution in [2.24, 2.45) is 0 Å². The molecule has 0 aliphatic carbocycles. The van der Waals surface area contributed by atoms with Crippen molar-refractivity contribution in [1.82, 2.24) is 10.5 Å².